The summed E-state index contributed by atoms with van der Waals surface area (Å²) in [6, 6.07) is 33.1. The Balaban J connectivity index is 1.58. The summed E-state index contributed by atoms with van der Waals surface area (Å²) in [5, 5.41) is 0. The fourth-order valence-corrected chi connectivity index (χ4v) is 4.30. The first-order valence-corrected chi connectivity index (χ1v) is 11.0. The fourth-order valence-electron chi connectivity index (χ4n) is 4.30. The molecule has 0 nitrogen and oxygen atoms in total. The van der Waals surface area contributed by atoms with Crippen LogP contribution in [0.3, 0.4) is 0 Å². The van der Waals surface area contributed by atoms with Crippen molar-refractivity contribution in [3.8, 4) is 0 Å². The summed E-state index contributed by atoms with van der Waals surface area (Å²) in [7, 11) is 0. The van der Waals surface area contributed by atoms with Gasteiger partial charge in [-0.2, -0.15) is 0 Å². The second-order valence-corrected chi connectivity index (χ2v) is 8.03. The number of benzene rings is 3. The molecule has 0 saturated heterocycles. The predicted molar refractivity (Wildman–Crippen MR) is 122 cm³/mol. The molecule has 0 heteroatoms. The minimum absolute atomic E-state index is 0.689. The van der Waals surface area contributed by atoms with Crippen molar-refractivity contribution in [1.29, 1.82) is 0 Å². The molecule has 0 heterocycles. The van der Waals surface area contributed by atoms with Crippen molar-refractivity contribution in [3.05, 3.63) is 108 Å². The summed E-state index contributed by atoms with van der Waals surface area (Å²) in [4.78, 5) is 0. The van der Waals surface area contributed by atoms with Crippen LogP contribution in [0.4, 0.5) is 0 Å². The number of rotatable bonds is 11. The normalized spacial score (nSPS) is 13.2. The summed E-state index contributed by atoms with van der Waals surface area (Å²) >= 11 is 0. The van der Waals surface area contributed by atoms with Gasteiger partial charge in [0.1, 0.15) is 0 Å². The maximum atomic E-state index is 2.33. The summed E-state index contributed by atoms with van der Waals surface area (Å²) in [5.41, 5.74) is 4.46. The van der Waals surface area contributed by atoms with Gasteiger partial charge >= 0.3 is 0 Å². The van der Waals surface area contributed by atoms with Crippen molar-refractivity contribution >= 4 is 0 Å². The second-order valence-electron chi connectivity index (χ2n) is 8.03. The lowest BCUT2D eigenvalue weighted by Gasteiger charge is -2.21. The van der Waals surface area contributed by atoms with E-state index in [1.807, 2.05) is 0 Å². The topological polar surface area (TPSA) is 0 Å². The molecule has 2 unspecified atom stereocenters. The highest BCUT2D eigenvalue weighted by molar-refractivity contribution is 5.20. The van der Waals surface area contributed by atoms with Gasteiger partial charge in [0.25, 0.3) is 0 Å². The lowest BCUT2D eigenvalue weighted by atomic mass is 9.84. The summed E-state index contributed by atoms with van der Waals surface area (Å²) in [6.45, 7) is 2.33. The van der Waals surface area contributed by atoms with Gasteiger partial charge in [0.2, 0.25) is 0 Å². The molecule has 0 amide bonds. The molecule has 28 heavy (non-hydrogen) atoms. The van der Waals surface area contributed by atoms with Gasteiger partial charge in [-0.1, -0.05) is 97.9 Å². The van der Waals surface area contributed by atoms with Gasteiger partial charge in [0.15, 0.2) is 0 Å². The van der Waals surface area contributed by atoms with E-state index >= 15 is 0 Å². The van der Waals surface area contributed by atoms with E-state index in [2.05, 4.69) is 97.9 Å². The summed E-state index contributed by atoms with van der Waals surface area (Å²) in [5.74, 6) is 1.46. The van der Waals surface area contributed by atoms with Crippen LogP contribution in [0.1, 0.15) is 61.6 Å². The Morgan fingerprint density at radius 2 is 1.18 bits per heavy atom. The minimum atomic E-state index is 0.689. The maximum absolute atomic E-state index is 2.33. The third-order valence-electron chi connectivity index (χ3n) is 5.98. The zero-order valence-corrected chi connectivity index (χ0v) is 17.3. The first kappa shape index (κ1) is 20.4. The highest BCUT2D eigenvalue weighted by atomic mass is 14.2. The van der Waals surface area contributed by atoms with E-state index in [4.69, 9.17) is 0 Å². The lowest BCUT2D eigenvalue weighted by Crippen LogP contribution is -2.08. The average Bonchev–Trinajstić information content (AvgIpc) is 2.76. The smallest absolute Gasteiger partial charge is 0.0164 e. The van der Waals surface area contributed by atoms with E-state index in [9.17, 15) is 0 Å². The van der Waals surface area contributed by atoms with Crippen LogP contribution in [-0.2, 0) is 12.8 Å². The molecule has 0 bridgehead atoms. The molecular formula is C28H34. The molecule has 0 aliphatic heterocycles. The number of hydrogen-bond donors (Lipinski definition) is 0. The van der Waals surface area contributed by atoms with Crippen LogP contribution in [-0.4, -0.2) is 0 Å². The van der Waals surface area contributed by atoms with Gasteiger partial charge in [-0.15, -0.1) is 0 Å². The van der Waals surface area contributed by atoms with Gasteiger partial charge in [-0.05, 0) is 73.5 Å². The Kier molecular flexibility index (Phi) is 8.37. The highest BCUT2D eigenvalue weighted by Gasteiger charge is 2.15. The fraction of sp³-hybridized carbons (Fsp3) is 0.357. The van der Waals surface area contributed by atoms with Crippen LogP contribution in [0.5, 0.6) is 0 Å². The van der Waals surface area contributed by atoms with E-state index in [0.29, 0.717) is 5.92 Å². The van der Waals surface area contributed by atoms with Gasteiger partial charge in [0, 0.05) is 0 Å². The van der Waals surface area contributed by atoms with Crippen molar-refractivity contribution < 1.29 is 0 Å². The van der Waals surface area contributed by atoms with E-state index in [1.165, 1.54) is 61.6 Å². The molecule has 0 saturated carbocycles. The third kappa shape index (κ3) is 6.68. The van der Waals surface area contributed by atoms with Crippen molar-refractivity contribution in [2.75, 3.05) is 0 Å². The first-order valence-electron chi connectivity index (χ1n) is 11.0. The summed E-state index contributed by atoms with van der Waals surface area (Å²) in [6.07, 6.45) is 8.84. The van der Waals surface area contributed by atoms with Crippen LogP contribution in [0, 0.1) is 5.92 Å². The number of hydrogen-bond acceptors (Lipinski definition) is 0. The molecular weight excluding hydrogens is 336 g/mol. The van der Waals surface area contributed by atoms with Crippen molar-refractivity contribution in [3.63, 3.8) is 0 Å². The largest absolute Gasteiger partial charge is 0.0648 e. The zero-order chi connectivity index (χ0) is 19.4. The van der Waals surface area contributed by atoms with Gasteiger partial charge < -0.3 is 0 Å². The first-order chi connectivity index (χ1) is 13.8. The number of aryl methyl sites for hydroxylation is 1. The van der Waals surface area contributed by atoms with E-state index < -0.39 is 0 Å². The molecule has 0 spiro atoms. The van der Waals surface area contributed by atoms with Crippen LogP contribution >= 0.6 is 0 Å². The Bertz CT molecular complexity index is 761. The lowest BCUT2D eigenvalue weighted by molar-refractivity contribution is 0.398. The monoisotopic (exact) mass is 370 g/mol. The van der Waals surface area contributed by atoms with Crippen LogP contribution < -0.4 is 0 Å². The molecule has 3 aromatic carbocycles. The van der Waals surface area contributed by atoms with Gasteiger partial charge in [0.05, 0.1) is 0 Å². The molecule has 0 N–H and O–H groups in total. The van der Waals surface area contributed by atoms with Crippen LogP contribution in [0.2, 0.25) is 0 Å². The van der Waals surface area contributed by atoms with E-state index in [-0.39, 0.29) is 0 Å². The molecule has 0 aromatic heterocycles. The third-order valence-corrected chi connectivity index (χ3v) is 5.98. The Morgan fingerprint density at radius 1 is 0.607 bits per heavy atom. The molecule has 3 rings (SSSR count). The van der Waals surface area contributed by atoms with E-state index in [1.54, 1.807) is 0 Å². The Hall–Kier alpha value is -2.34. The maximum Gasteiger partial charge on any atom is -0.0164 e. The average molecular weight is 371 g/mol. The van der Waals surface area contributed by atoms with Gasteiger partial charge in [-0.3, -0.25) is 0 Å². The standard InChI is InChI=1S/C28H34/c1-2-27(28-19-10-5-11-20-28)22-21-26(23-25-15-8-4-9-16-25)18-12-17-24-13-6-3-7-14-24/h3-11,13-16,19-20,26-27H,2,12,17-18,21-23H2,1H3. The van der Waals surface area contributed by atoms with Gasteiger partial charge in [-0.25, -0.2) is 0 Å². The molecule has 0 aliphatic rings. The zero-order valence-electron chi connectivity index (χ0n) is 17.3. The molecule has 0 aliphatic carbocycles. The quantitative estimate of drug-likeness (QED) is 0.322. The van der Waals surface area contributed by atoms with Crippen LogP contribution in [0.25, 0.3) is 0 Å². The predicted octanol–water partition coefficient (Wildman–Crippen LogP) is 7.84. The molecule has 0 radical (unpaired) electrons. The van der Waals surface area contributed by atoms with E-state index in [0.717, 1.165) is 5.92 Å². The molecule has 0 fully saturated rings. The molecule has 2 atom stereocenters. The SMILES string of the molecule is CCC(CCC(CCCc1ccccc1)Cc1ccccc1)c1ccccc1. The van der Waals surface area contributed by atoms with Crippen molar-refractivity contribution in [2.24, 2.45) is 5.92 Å². The van der Waals surface area contributed by atoms with Crippen molar-refractivity contribution in [1.82, 2.24) is 0 Å². The molecule has 3 aromatic rings. The van der Waals surface area contributed by atoms with Crippen molar-refractivity contribution in [2.45, 2.75) is 57.8 Å². The summed E-state index contributed by atoms with van der Waals surface area (Å²) < 4.78 is 0. The Labute approximate surface area is 171 Å². The highest BCUT2D eigenvalue weighted by Crippen LogP contribution is 2.29. The minimum Gasteiger partial charge on any atom is -0.0648 e. The Morgan fingerprint density at radius 3 is 1.79 bits per heavy atom. The molecule has 146 valence electrons. The van der Waals surface area contributed by atoms with Crippen LogP contribution in [0.15, 0.2) is 91.0 Å². The second kappa shape index (κ2) is 11.5.